The van der Waals surface area contributed by atoms with Gasteiger partial charge in [-0.05, 0) is 60.3 Å². The zero-order valence-corrected chi connectivity index (χ0v) is 27.7. The molecule has 256 valence electrons. The summed E-state index contributed by atoms with van der Waals surface area (Å²) in [6.45, 7) is 8.15. The molecule has 0 radical (unpaired) electrons. The summed E-state index contributed by atoms with van der Waals surface area (Å²) in [5.74, 6) is -5.27. The van der Waals surface area contributed by atoms with Crippen molar-refractivity contribution in [2.45, 2.75) is 76.4 Å². The average molecular weight is 659 g/mol. The molecule has 2 amide bonds. The van der Waals surface area contributed by atoms with E-state index in [4.69, 9.17) is 10.5 Å². The number of ketones is 2. The number of hydrogen-bond acceptors (Lipinski definition) is 8. The molecule has 12 atom stereocenters. The molecule has 1 saturated heterocycles. The fourth-order valence-corrected chi connectivity index (χ4v) is 9.67. The summed E-state index contributed by atoms with van der Waals surface area (Å²) in [5.41, 5.74) is 3.95. The number of aliphatic hydroxyl groups is 3. The molecule has 0 bridgehead atoms. The monoisotopic (exact) mass is 658 g/mol. The summed E-state index contributed by atoms with van der Waals surface area (Å²) in [6.07, 6.45) is 3.31. The SMILES string of the molecule is C=C1[C@@H](C)C2[C@H](Cc3ccccc3)NC(=O)[C@]23C(=O)/C=C\C2=C(C(=O)CCC[C@@H](C)C/C=C/C3[C@@H]1O)[C@@H](OC)[C@H]1[C@H](O)[C@H](O)C21C(N)=O. The van der Waals surface area contributed by atoms with Crippen LogP contribution >= 0.6 is 0 Å². The molecule has 5 aliphatic rings. The number of amides is 2. The maximum atomic E-state index is 14.9. The number of ether oxygens (including phenoxy) is 1. The van der Waals surface area contributed by atoms with Gasteiger partial charge in [0.25, 0.3) is 0 Å². The third-order valence-electron chi connectivity index (χ3n) is 12.1. The third kappa shape index (κ3) is 4.75. The molecule has 3 unspecified atom stereocenters. The molecule has 3 fully saturated rings. The van der Waals surface area contributed by atoms with Gasteiger partial charge in [0.05, 0.1) is 24.4 Å². The number of hydrogen-bond donors (Lipinski definition) is 5. The number of benzene rings is 1. The smallest absolute Gasteiger partial charge is 0.235 e. The van der Waals surface area contributed by atoms with Gasteiger partial charge in [-0.2, -0.15) is 0 Å². The highest BCUT2D eigenvalue weighted by Gasteiger charge is 2.74. The summed E-state index contributed by atoms with van der Waals surface area (Å²) in [5, 5.41) is 36.8. The van der Waals surface area contributed by atoms with Crippen LogP contribution in [0.5, 0.6) is 0 Å². The van der Waals surface area contributed by atoms with E-state index < -0.39 is 82.6 Å². The van der Waals surface area contributed by atoms with Gasteiger partial charge in [-0.3, -0.25) is 19.2 Å². The van der Waals surface area contributed by atoms with Crippen LogP contribution in [0.2, 0.25) is 0 Å². The van der Waals surface area contributed by atoms with Gasteiger partial charge in [-0.1, -0.05) is 69.0 Å². The summed E-state index contributed by atoms with van der Waals surface area (Å²) in [6, 6.07) is 9.19. The molecule has 2 saturated carbocycles. The maximum Gasteiger partial charge on any atom is 0.235 e. The van der Waals surface area contributed by atoms with E-state index in [9.17, 15) is 34.5 Å². The van der Waals surface area contributed by atoms with Gasteiger partial charge in [0, 0.05) is 42.9 Å². The third-order valence-corrected chi connectivity index (χ3v) is 12.1. The van der Waals surface area contributed by atoms with E-state index in [1.165, 1.54) is 19.3 Å². The minimum absolute atomic E-state index is 0.0269. The number of nitrogens with one attached hydrogen (secondary N) is 1. The molecule has 1 aliphatic heterocycles. The van der Waals surface area contributed by atoms with Gasteiger partial charge in [-0.25, -0.2) is 0 Å². The lowest BCUT2D eigenvalue weighted by Gasteiger charge is -2.53. The molecular formula is C38H46N2O8. The number of carbonyl (C=O) groups excluding carboxylic acids is 4. The Kier molecular flexibility index (Phi) is 9.00. The van der Waals surface area contributed by atoms with E-state index in [0.29, 0.717) is 31.3 Å². The molecule has 4 aliphatic carbocycles. The van der Waals surface area contributed by atoms with E-state index in [2.05, 4.69) is 11.9 Å². The van der Waals surface area contributed by atoms with Gasteiger partial charge in [0.2, 0.25) is 11.8 Å². The standard InChI is InChI=1S/C38H46N2O8/c1-19-10-8-14-24-31(43)21(3)20(2)29-25(18-22-12-6-5-7-13-22)40-36(47)37(24,29)27(42)17-16-23-28(26(41)15-9-11-19)33(48-4)30-32(44)34(45)38(23,30)35(39)46/h5-8,12-14,16-17,19-20,24-25,29-34,43-45H,3,9-11,15,18H2,1-2,4H3,(H2,39,46)(H,40,47)/b14-8+,17-16-/t19-,20+,24?,25-,29?,30+,31+,32-,33+,34-,37+,38?/m0/s1. The first kappa shape index (κ1) is 34.2. The fourth-order valence-electron chi connectivity index (χ4n) is 9.67. The Bertz CT molecular complexity index is 1610. The second kappa shape index (κ2) is 12.6. The van der Waals surface area contributed by atoms with Crippen LogP contribution in [-0.2, 0) is 30.3 Å². The topological polar surface area (TPSA) is 176 Å². The number of allylic oxidation sites excluding steroid dienone is 3. The Hall–Kier alpha value is -3.70. The van der Waals surface area contributed by atoms with Crippen LogP contribution in [0.25, 0.3) is 0 Å². The first-order valence-electron chi connectivity index (χ1n) is 16.9. The zero-order valence-electron chi connectivity index (χ0n) is 27.7. The van der Waals surface area contributed by atoms with Crippen molar-refractivity contribution < 1.29 is 39.2 Å². The molecular weight excluding hydrogens is 612 g/mol. The van der Waals surface area contributed by atoms with Crippen molar-refractivity contribution in [2.24, 2.45) is 46.2 Å². The zero-order chi connectivity index (χ0) is 34.7. The lowest BCUT2D eigenvalue weighted by Crippen LogP contribution is -2.70. The molecule has 10 heteroatoms. The number of Topliss-reactive ketones (excluding diaryl/α,β-unsaturated/α-hetero) is 1. The van der Waals surface area contributed by atoms with Crippen molar-refractivity contribution in [2.75, 3.05) is 7.11 Å². The van der Waals surface area contributed by atoms with Gasteiger partial charge < -0.3 is 31.1 Å². The van der Waals surface area contributed by atoms with Crippen molar-refractivity contribution in [1.82, 2.24) is 5.32 Å². The quantitative estimate of drug-likeness (QED) is 0.241. The Morgan fingerprint density at radius 1 is 1.08 bits per heavy atom. The molecule has 1 aromatic rings. The van der Waals surface area contributed by atoms with Crippen molar-refractivity contribution in [3.05, 3.63) is 83.5 Å². The van der Waals surface area contributed by atoms with Crippen LogP contribution in [0.3, 0.4) is 0 Å². The fraction of sp³-hybridized carbons (Fsp3) is 0.526. The largest absolute Gasteiger partial charge is 0.390 e. The summed E-state index contributed by atoms with van der Waals surface area (Å²) in [7, 11) is 1.36. The molecule has 1 heterocycles. The summed E-state index contributed by atoms with van der Waals surface area (Å²) >= 11 is 0. The number of primary amides is 1. The van der Waals surface area contributed by atoms with E-state index >= 15 is 0 Å². The minimum Gasteiger partial charge on any atom is -0.390 e. The van der Waals surface area contributed by atoms with Gasteiger partial charge in [0.1, 0.15) is 10.8 Å². The molecule has 6 rings (SSSR count). The van der Waals surface area contributed by atoms with Gasteiger partial charge in [0.15, 0.2) is 11.6 Å². The summed E-state index contributed by atoms with van der Waals surface area (Å²) in [4.78, 5) is 56.5. The van der Waals surface area contributed by atoms with E-state index in [1.807, 2.05) is 50.3 Å². The predicted molar refractivity (Wildman–Crippen MR) is 177 cm³/mol. The first-order chi connectivity index (χ1) is 22.8. The Labute approximate surface area is 280 Å². The molecule has 48 heavy (non-hydrogen) atoms. The van der Waals surface area contributed by atoms with Crippen LogP contribution in [0.4, 0.5) is 0 Å². The van der Waals surface area contributed by atoms with E-state index in [1.54, 1.807) is 6.08 Å². The molecule has 1 aromatic carbocycles. The number of carbonyl (C=O) groups is 4. The number of rotatable bonds is 4. The number of aliphatic hydroxyl groups excluding tert-OH is 3. The van der Waals surface area contributed by atoms with Crippen molar-refractivity contribution in [3.63, 3.8) is 0 Å². The second-order valence-corrected chi connectivity index (χ2v) is 14.5. The maximum absolute atomic E-state index is 14.9. The van der Waals surface area contributed by atoms with Gasteiger partial charge in [-0.15, -0.1) is 0 Å². The van der Waals surface area contributed by atoms with Crippen LogP contribution in [0.15, 0.2) is 77.9 Å². The van der Waals surface area contributed by atoms with Crippen LogP contribution in [0.1, 0.15) is 45.1 Å². The molecule has 1 spiro atoms. The Balaban J connectivity index is 1.55. The molecule has 6 N–H and O–H groups in total. The highest BCUT2D eigenvalue weighted by atomic mass is 16.5. The van der Waals surface area contributed by atoms with E-state index in [-0.39, 0.29) is 29.3 Å². The molecule has 0 aromatic heterocycles. The highest BCUT2D eigenvalue weighted by Crippen LogP contribution is 2.62. The van der Waals surface area contributed by atoms with Crippen LogP contribution < -0.4 is 11.1 Å². The number of fused-ring (bicyclic) bond motifs is 2. The summed E-state index contributed by atoms with van der Waals surface area (Å²) < 4.78 is 5.70. The molecule has 10 nitrogen and oxygen atoms in total. The van der Waals surface area contributed by atoms with E-state index in [0.717, 1.165) is 5.56 Å². The second-order valence-electron chi connectivity index (χ2n) is 14.5. The lowest BCUT2D eigenvalue weighted by molar-refractivity contribution is -0.213. The average Bonchev–Trinajstić information content (AvgIpc) is 3.51. The normalized spacial score (nSPS) is 42.7. The Morgan fingerprint density at radius 2 is 1.79 bits per heavy atom. The van der Waals surface area contributed by atoms with Crippen molar-refractivity contribution in [1.29, 1.82) is 0 Å². The van der Waals surface area contributed by atoms with Gasteiger partial charge >= 0.3 is 0 Å². The minimum atomic E-state index is -1.87. The number of methoxy groups -OCH3 is 1. The predicted octanol–water partition coefficient (Wildman–Crippen LogP) is 2.12. The highest BCUT2D eigenvalue weighted by molar-refractivity contribution is 6.14. The van der Waals surface area contributed by atoms with Crippen LogP contribution in [-0.4, -0.2) is 76.3 Å². The Morgan fingerprint density at radius 3 is 2.46 bits per heavy atom. The lowest BCUT2D eigenvalue weighted by atomic mass is 9.51. The van der Waals surface area contributed by atoms with Crippen molar-refractivity contribution >= 4 is 23.4 Å². The van der Waals surface area contributed by atoms with Crippen LogP contribution in [0, 0.1) is 40.4 Å². The number of nitrogens with two attached hydrogens (primary N) is 1. The first-order valence-corrected chi connectivity index (χ1v) is 16.9. The van der Waals surface area contributed by atoms with Crippen molar-refractivity contribution in [3.8, 4) is 0 Å².